The molecule has 4 saturated heterocycles. The molecule has 0 saturated carbocycles. The van der Waals surface area contributed by atoms with Crippen LogP contribution < -0.4 is 20.7 Å². The van der Waals surface area contributed by atoms with Crippen LogP contribution in [0, 0.1) is 0 Å². The number of rotatable bonds is 8. The zero-order valence-corrected chi connectivity index (χ0v) is 32.4. The van der Waals surface area contributed by atoms with Gasteiger partial charge in [0.25, 0.3) is 5.91 Å². The molecule has 16 heteroatoms. The maximum atomic E-state index is 16.3. The maximum Gasteiger partial charge on any atom is 0.257 e. The van der Waals surface area contributed by atoms with Gasteiger partial charge in [0.2, 0.25) is 11.8 Å². The minimum atomic E-state index is -1.23. The molecule has 0 spiro atoms. The number of piperidine rings is 3. The molecule has 4 N–H and O–H groups in total. The van der Waals surface area contributed by atoms with Gasteiger partial charge in [-0.05, 0) is 74.2 Å². The number of nitrogens with zero attached hydrogens (tertiary/aromatic N) is 8. The predicted molar refractivity (Wildman–Crippen MR) is 216 cm³/mol. The van der Waals surface area contributed by atoms with Crippen molar-refractivity contribution < 1.29 is 28.6 Å². The minimum absolute atomic E-state index is 0.122. The van der Waals surface area contributed by atoms with Crippen LogP contribution in [0.5, 0.6) is 11.5 Å². The van der Waals surface area contributed by atoms with Gasteiger partial charge >= 0.3 is 0 Å². The first-order chi connectivity index (χ1) is 28.7. The summed E-state index contributed by atoms with van der Waals surface area (Å²) in [5, 5.41) is 18.8. The number of aliphatic hydroxyl groups excluding tert-OH is 1. The molecule has 2 aromatic heterocycles. The number of fused-ring (bicyclic) bond motifs is 2. The highest BCUT2D eigenvalue weighted by atomic mass is 19.1. The van der Waals surface area contributed by atoms with Gasteiger partial charge in [0, 0.05) is 80.2 Å². The lowest BCUT2D eigenvalue weighted by Gasteiger charge is -2.50. The minimum Gasteiger partial charge on any atom is -0.457 e. The first kappa shape index (κ1) is 37.3. The number of anilines is 2. The SMILES string of the molecule is Nc1ncnc2c1c(-c1ccc(Oc3ccccc3)cc1)nn2C1CCN(C2CCN(C3CN(c4ccc5c(c4)C(=O)N(C4CCC(=O)NC4=O)C5O)C3)CC2)CC1F. The summed E-state index contributed by atoms with van der Waals surface area (Å²) in [6.45, 7) is 4.55. The summed E-state index contributed by atoms with van der Waals surface area (Å²) in [6.07, 6.45) is 1.84. The zero-order chi connectivity index (χ0) is 40.4. The van der Waals surface area contributed by atoms with E-state index in [0.29, 0.717) is 64.5 Å². The number of halogens is 1. The lowest BCUT2D eigenvalue weighted by molar-refractivity contribution is -0.139. The van der Waals surface area contributed by atoms with Gasteiger partial charge in [-0.3, -0.25) is 34.4 Å². The van der Waals surface area contributed by atoms with E-state index in [4.69, 9.17) is 15.6 Å². The number of aromatic nitrogens is 4. The van der Waals surface area contributed by atoms with Gasteiger partial charge in [0.1, 0.15) is 41.6 Å². The summed E-state index contributed by atoms with van der Waals surface area (Å²) in [4.78, 5) is 54.6. The van der Waals surface area contributed by atoms with Gasteiger partial charge in [-0.15, -0.1) is 0 Å². The van der Waals surface area contributed by atoms with Crippen molar-refractivity contribution in [2.24, 2.45) is 0 Å². The topological polar surface area (TPSA) is 175 Å². The van der Waals surface area contributed by atoms with Gasteiger partial charge in [-0.2, -0.15) is 5.10 Å². The molecule has 0 bridgehead atoms. The number of benzene rings is 3. The molecule has 15 nitrogen and oxygen atoms in total. The number of aliphatic hydroxyl groups is 1. The summed E-state index contributed by atoms with van der Waals surface area (Å²) in [5.41, 5.74) is 10.1. The molecule has 3 aromatic carbocycles. The highest BCUT2D eigenvalue weighted by molar-refractivity contribution is 6.06. The predicted octanol–water partition coefficient (Wildman–Crippen LogP) is 4.06. The summed E-state index contributed by atoms with van der Waals surface area (Å²) in [5.74, 6) is 0.393. The van der Waals surface area contributed by atoms with Crippen molar-refractivity contribution in [2.45, 2.75) is 68.7 Å². The molecule has 5 aromatic rings. The first-order valence-corrected chi connectivity index (χ1v) is 20.4. The standard InChI is InChI=1S/C43H45FN10O5/c44-33-23-51(19-16-34(33)54-40-37(39(45)46-24-47-40)38(49-54)25-6-9-30(10-7-25)59-29-4-2-1-3-5-29)26-14-17-50(18-15-26)28-21-52(22-28)27-8-11-31-32(20-27)43(58)53(42(31)57)35-12-13-36(55)48-41(35)56/h1-11,20,24,26,28,33-35,42,57H,12-19,21-23H2,(H2,45,46,47)(H,48,55,56). The Morgan fingerprint density at radius 3 is 2.32 bits per heavy atom. The van der Waals surface area contributed by atoms with Gasteiger partial charge < -0.3 is 20.5 Å². The molecule has 3 amide bonds. The number of carbonyl (C=O) groups excluding carboxylic acids is 3. The molecule has 4 unspecified atom stereocenters. The Balaban J connectivity index is 0.744. The van der Waals surface area contributed by atoms with Crippen molar-refractivity contribution in [1.29, 1.82) is 0 Å². The van der Waals surface area contributed by atoms with Crippen molar-refractivity contribution in [3.8, 4) is 22.8 Å². The fourth-order valence-electron chi connectivity index (χ4n) is 9.58. The van der Waals surface area contributed by atoms with E-state index in [9.17, 15) is 19.5 Å². The van der Waals surface area contributed by atoms with Crippen LogP contribution in [-0.4, -0.2) is 121 Å². The van der Waals surface area contributed by atoms with Crippen LogP contribution in [0.25, 0.3) is 22.3 Å². The maximum absolute atomic E-state index is 16.3. The van der Waals surface area contributed by atoms with E-state index in [1.54, 1.807) is 16.8 Å². The Hall–Kier alpha value is -5.97. The van der Waals surface area contributed by atoms with Crippen molar-refractivity contribution >= 4 is 40.3 Å². The molecule has 4 fully saturated rings. The van der Waals surface area contributed by atoms with Crippen LogP contribution in [0.3, 0.4) is 0 Å². The second-order valence-electron chi connectivity index (χ2n) is 16.2. The summed E-state index contributed by atoms with van der Waals surface area (Å²) in [7, 11) is 0. The Bertz CT molecular complexity index is 2420. The number of alkyl halides is 1. The first-order valence-electron chi connectivity index (χ1n) is 20.4. The summed E-state index contributed by atoms with van der Waals surface area (Å²) >= 11 is 0. The number of ether oxygens (including phenoxy) is 1. The van der Waals surface area contributed by atoms with Crippen LogP contribution in [0.1, 0.15) is 60.3 Å². The highest BCUT2D eigenvalue weighted by Gasteiger charge is 2.45. The number of para-hydroxylation sites is 1. The zero-order valence-electron chi connectivity index (χ0n) is 32.4. The fraction of sp³-hybridized carbons (Fsp3) is 0.395. The number of hydrogen-bond acceptors (Lipinski definition) is 12. The normalized spacial score (nSPS) is 24.7. The molecule has 5 aliphatic heterocycles. The van der Waals surface area contributed by atoms with E-state index in [1.165, 1.54) is 11.2 Å². The number of amides is 3. The van der Waals surface area contributed by atoms with Crippen LogP contribution in [0.2, 0.25) is 0 Å². The number of nitrogen functional groups attached to an aromatic ring is 1. The lowest BCUT2D eigenvalue weighted by atomic mass is 9.94. The number of nitrogens with one attached hydrogen (secondary N) is 1. The van der Waals surface area contributed by atoms with Gasteiger partial charge in [0.05, 0.1) is 11.4 Å². The van der Waals surface area contributed by atoms with E-state index in [1.807, 2.05) is 60.7 Å². The third-order valence-corrected chi connectivity index (χ3v) is 12.8. The summed E-state index contributed by atoms with van der Waals surface area (Å²) in [6, 6.07) is 21.9. The van der Waals surface area contributed by atoms with Gasteiger partial charge in [0.15, 0.2) is 11.9 Å². The second-order valence-corrected chi connectivity index (χ2v) is 16.2. The molecule has 4 atom stereocenters. The third-order valence-electron chi connectivity index (χ3n) is 12.8. The van der Waals surface area contributed by atoms with Crippen molar-refractivity contribution in [3.05, 3.63) is 90.3 Å². The smallest absolute Gasteiger partial charge is 0.257 e. The molecule has 0 aliphatic carbocycles. The fourth-order valence-corrected chi connectivity index (χ4v) is 9.58. The van der Waals surface area contributed by atoms with Crippen molar-refractivity contribution in [2.75, 3.05) is 49.9 Å². The monoisotopic (exact) mass is 800 g/mol. The van der Waals surface area contributed by atoms with Gasteiger partial charge in [-0.1, -0.05) is 24.3 Å². The Morgan fingerprint density at radius 2 is 1.58 bits per heavy atom. The summed E-state index contributed by atoms with van der Waals surface area (Å²) < 4.78 is 24.0. The Morgan fingerprint density at radius 1 is 0.831 bits per heavy atom. The highest BCUT2D eigenvalue weighted by Crippen LogP contribution is 2.40. The Kier molecular flexibility index (Phi) is 9.49. The van der Waals surface area contributed by atoms with E-state index in [2.05, 4.69) is 30.0 Å². The number of imide groups is 1. The molecule has 7 heterocycles. The molecule has 0 radical (unpaired) electrons. The van der Waals surface area contributed by atoms with Crippen LogP contribution in [0.15, 0.2) is 79.1 Å². The number of hydrogen-bond donors (Lipinski definition) is 3. The Labute approximate surface area is 339 Å². The quantitative estimate of drug-likeness (QED) is 0.192. The molecule has 304 valence electrons. The average molecular weight is 801 g/mol. The third kappa shape index (κ3) is 6.74. The van der Waals surface area contributed by atoms with E-state index in [0.717, 1.165) is 62.6 Å². The second kappa shape index (κ2) is 15.0. The van der Waals surface area contributed by atoms with E-state index in [-0.39, 0.29) is 18.7 Å². The van der Waals surface area contributed by atoms with Crippen LogP contribution >= 0.6 is 0 Å². The lowest BCUT2D eigenvalue weighted by Crippen LogP contribution is -2.62. The number of likely N-dealkylation sites (tertiary alicyclic amines) is 2. The largest absolute Gasteiger partial charge is 0.457 e. The molecule has 5 aliphatic rings. The van der Waals surface area contributed by atoms with Crippen molar-refractivity contribution in [3.63, 3.8) is 0 Å². The molecular formula is C43H45FN10O5. The van der Waals surface area contributed by atoms with Gasteiger partial charge in [-0.25, -0.2) is 19.0 Å². The van der Waals surface area contributed by atoms with E-state index < -0.39 is 36.3 Å². The van der Waals surface area contributed by atoms with E-state index >= 15 is 4.39 Å². The molecule has 59 heavy (non-hydrogen) atoms. The van der Waals surface area contributed by atoms with Crippen molar-refractivity contribution in [1.82, 2.24) is 39.8 Å². The van der Waals surface area contributed by atoms with Crippen LogP contribution in [-0.2, 0) is 9.59 Å². The average Bonchev–Trinajstić information content (AvgIpc) is 3.73. The number of carbonyl (C=O) groups is 3. The molecule has 10 rings (SSSR count). The number of nitrogens with two attached hydrogens (primary N) is 1. The van der Waals surface area contributed by atoms with Crippen LogP contribution in [0.4, 0.5) is 15.9 Å². The molecular weight excluding hydrogens is 756 g/mol.